The third kappa shape index (κ3) is 14.9. The molecule has 0 aromatic carbocycles. The maximum Gasteiger partial charge on any atom is 0.225 e. The Bertz CT molecular complexity index is 346. The zero-order chi connectivity index (χ0) is 19.7. The van der Waals surface area contributed by atoms with E-state index < -0.39 is 5.41 Å². The Morgan fingerprint density at radius 3 is 2.28 bits per heavy atom. The molecule has 150 valence electrons. The Balaban J connectivity index is 0. The summed E-state index contributed by atoms with van der Waals surface area (Å²) in [6.07, 6.45) is 2.92. The van der Waals surface area contributed by atoms with Crippen molar-refractivity contribution in [1.29, 1.82) is 0 Å². The monoisotopic (exact) mass is 360 g/mol. The number of methoxy groups -OCH3 is 1. The second-order valence-corrected chi connectivity index (χ2v) is 6.45. The van der Waals surface area contributed by atoms with Crippen LogP contribution in [0.1, 0.15) is 67.2 Å². The van der Waals surface area contributed by atoms with E-state index in [0.717, 1.165) is 12.8 Å². The zero-order valence-electron chi connectivity index (χ0n) is 17.4. The van der Waals surface area contributed by atoms with Crippen LogP contribution in [-0.4, -0.2) is 51.3 Å². The van der Waals surface area contributed by atoms with E-state index in [1.165, 1.54) is 0 Å². The molecule has 0 aromatic rings. The van der Waals surface area contributed by atoms with Gasteiger partial charge in [0.15, 0.2) is 0 Å². The van der Waals surface area contributed by atoms with Crippen molar-refractivity contribution in [3.05, 3.63) is 0 Å². The smallest absolute Gasteiger partial charge is 0.225 e. The Hall–Kier alpha value is -1.14. The van der Waals surface area contributed by atoms with Gasteiger partial charge in [0.1, 0.15) is 0 Å². The Labute approximate surface area is 154 Å². The number of ether oxygens (including phenoxy) is 2. The maximum absolute atomic E-state index is 12.1. The molecule has 0 spiro atoms. The van der Waals surface area contributed by atoms with Gasteiger partial charge in [-0.25, -0.2) is 0 Å². The van der Waals surface area contributed by atoms with Crippen LogP contribution in [0.3, 0.4) is 0 Å². The summed E-state index contributed by atoms with van der Waals surface area (Å²) in [5.41, 5.74) is -0.469. The Kier molecular flexibility index (Phi) is 17.0. The first-order chi connectivity index (χ1) is 11.8. The number of hydrogen-bond donors (Lipinski definition) is 2. The van der Waals surface area contributed by atoms with Crippen LogP contribution in [0.15, 0.2) is 0 Å². The normalized spacial score (nSPS) is 12.0. The number of rotatable bonds is 13. The van der Waals surface area contributed by atoms with Crippen molar-refractivity contribution < 1.29 is 19.1 Å². The zero-order valence-corrected chi connectivity index (χ0v) is 17.4. The molecule has 0 bridgehead atoms. The summed E-state index contributed by atoms with van der Waals surface area (Å²) in [7, 11) is 1.61. The van der Waals surface area contributed by atoms with Gasteiger partial charge in [0.05, 0.1) is 12.7 Å². The minimum atomic E-state index is -0.469. The highest BCUT2D eigenvalue weighted by molar-refractivity contribution is 5.81. The molecule has 2 N–H and O–H groups in total. The predicted octanol–water partition coefficient (Wildman–Crippen LogP) is 2.90. The number of nitrogens with one attached hydrogen (secondary N) is 2. The lowest BCUT2D eigenvalue weighted by Gasteiger charge is -2.24. The van der Waals surface area contributed by atoms with Gasteiger partial charge >= 0.3 is 0 Å². The molecule has 0 rings (SSSR count). The third-order valence-corrected chi connectivity index (χ3v) is 3.69. The van der Waals surface area contributed by atoms with Crippen molar-refractivity contribution in [1.82, 2.24) is 10.6 Å². The van der Waals surface area contributed by atoms with Crippen LogP contribution in [0.4, 0.5) is 0 Å². The largest absolute Gasteiger partial charge is 0.383 e. The summed E-state index contributed by atoms with van der Waals surface area (Å²) in [5.74, 6) is 0.103. The van der Waals surface area contributed by atoms with Crippen LogP contribution in [0.2, 0.25) is 0 Å². The highest BCUT2D eigenvalue weighted by atomic mass is 16.5. The first-order valence-electron chi connectivity index (χ1n) is 9.49. The predicted molar refractivity (Wildman–Crippen MR) is 103 cm³/mol. The van der Waals surface area contributed by atoms with Crippen molar-refractivity contribution in [2.75, 3.05) is 33.4 Å². The summed E-state index contributed by atoms with van der Waals surface area (Å²) in [6, 6.07) is 0. The second-order valence-electron chi connectivity index (χ2n) is 6.45. The van der Waals surface area contributed by atoms with Gasteiger partial charge in [-0.1, -0.05) is 34.6 Å². The molecule has 0 saturated heterocycles. The van der Waals surface area contributed by atoms with Crippen molar-refractivity contribution >= 4 is 11.8 Å². The van der Waals surface area contributed by atoms with Gasteiger partial charge in [-0.2, -0.15) is 0 Å². The highest BCUT2D eigenvalue weighted by Crippen LogP contribution is 2.20. The minimum Gasteiger partial charge on any atom is -0.383 e. The van der Waals surface area contributed by atoms with Gasteiger partial charge in [0, 0.05) is 38.6 Å². The quantitative estimate of drug-likeness (QED) is 0.495. The van der Waals surface area contributed by atoms with E-state index in [4.69, 9.17) is 9.47 Å². The summed E-state index contributed by atoms with van der Waals surface area (Å²) < 4.78 is 10.7. The van der Waals surface area contributed by atoms with Crippen LogP contribution in [0, 0.1) is 5.41 Å². The molecule has 0 aliphatic carbocycles. The highest BCUT2D eigenvalue weighted by Gasteiger charge is 2.27. The molecule has 0 saturated carbocycles. The molecule has 2 amide bonds. The van der Waals surface area contributed by atoms with E-state index in [1.54, 1.807) is 7.11 Å². The minimum absolute atomic E-state index is 0.0117. The van der Waals surface area contributed by atoms with Crippen molar-refractivity contribution in [3.8, 4) is 0 Å². The number of carbonyl (C=O) groups is 2. The number of hydrogen-bond acceptors (Lipinski definition) is 4. The lowest BCUT2D eigenvalue weighted by molar-refractivity contribution is -0.131. The molecule has 1 atom stereocenters. The van der Waals surface area contributed by atoms with E-state index in [9.17, 15) is 9.59 Å². The summed E-state index contributed by atoms with van der Waals surface area (Å²) in [4.78, 5) is 23.4. The van der Waals surface area contributed by atoms with E-state index in [0.29, 0.717) is 39.1 Å². The standard InChI is InChI=1S/C17H34N2O4.C2H6/c1-6-7-15(20)18-10-8-14(2)23-12-9-17(3,4)16(21)19-11-13-22-5;1-2/h14H,6-13H2,1-5H3,(H,18,20)(H,19,21);1-2H3. The third-order valence-electron chi connectivity index (χ3n) is 3.69. The average molecular weight is 361 g/mol. The molecule has 6 nitrogen and oxygen atoms in total. The molecule has 6 heteroatoms. The van der Waals surface area contributed by atoms with E-state index in [1.807, 2.05) is 41.5 Å². The van der Waals surface area contributed by atoms with E-state index >= 15 is 0 Å². The summed E-state index contributed by atoms with van der Waals surface area (Å²) in [6.45, 7) is 14.0. The lowest BCUT2D eigenvalue weighted by Crippen LogP contribution is -2.39. The van der Waals surface area contributed by atoms with Crippen LogP contribution in [-0.2, 0) is 19.1 Å². The fourth-order valence-corrected chi connectivity index (χ4v) is 1.95. The Morgan fingerprint density at radius 1 is 1.08 bits per heavy atom. The molecule has 0 heterocycles. The average Bonchev–Trinajstić information content (AvgIpc) is 2.57. The first-order valence-corrected chi connectivity index (χ1v) is 9.49. The van der Waals surface area contributed by atoms with Crippen molar-refractivity contribution in [2.45, 2.75) is 73.3 Å². The first kappa shape index (κ1) is 26.1. The van der Waals surface area contributed by atoms with Crippen LogP contribution >= 0.6 is 0 Å². The molecule has 1 unspecified atom stereocenters. The second kappa shape index (κ2) is 16.3. The molecule has 0 aromatic heterocycles. The van der Waals surface area contributed by atoms with Crippen molar-refractivity contribution in [2.24, 2.45) is 5.41 Å². The van der Waals surface area contributed by atoms with Crippen LogP contribution < -0.4 is 10.6 Å². The molecular weight excluding hydrogens is 320 g/mol. The van der Waals surface area contributed by atoms with Crippen LogP contribution in [0.25, 0.3) is 0 Å². The number of carbonyl (C=O) groups excluding carboxylic acids is 2. The summed E-state index contributed by atoms with van der Waals surface area (Å²) >= 11 is 0. The molecule has 0 radical (unpaired) electrons. The van der Waals surface area contributed by atoms with Gasteiger partial charge in [0.25, 0.3) is 0 Å². The van der Waals surface area contributed by atoms with E-state index in [2.05, 4.69) is 10.6 Å². The van der Waals surface area contributed by atoms with Crippen LogP contribution in [0.5, 0.6) is 0 Å². The summed E-state index contributed by atoms with van der Waals surface area (Å²) in [5, 5.41) is 5.73. The Morgan fingerprint density at radius 2 is 1.72 bits per heavy atom. The van der Waals surface area contributed by atoms with Gasteiger partial charge in [-0.15, -0.1) is 0 Å². The molecule has 0 fully saturated rings. The molecule has 0 aliphatic heterocycles. The van der Waals surface area contributed by atoms with Gasteiger partial charge in [0.2, 0.25) is 11.8 Å². The topological polar surface area (TPSA) is 76.7 Å². The van der Waals surface area contributed by atoms with Gasteiger partial charge in [-0.3, -0.25) is 9.59 Å². The van der Waals surface area contributed by atoms with Crippen molar-refractivity contribution in [3.63, 3.8) is 0 Å². The molecular formula is C19H40N2O4. The maximum atomic E-state index is 12.1. The SMILES string of the molecule is CC.CCCC(=O)NCCC(C)OCCC(C)(C)C(=O)NCCOC. The van der Waals surface area contributed by atoms with Gasteiger partial charge in [-0.05, 0) is 26.2 Å². The fourth-order valence-electron chi connectivity index (χ4n) is 1.95. The fraction of sp³-hybridized carbons (Fsp3) is 0.895. The van der Waals surface area contributed by atoms with E-state index in [-0.39, 0.29) is 17.9 Å². The van der Waals surface area contributed by atoms with Gasteiger partial charge < -0.3 is 20.1 Å². The lowest BCUT2D eigenvalue weighted by atomic mass is 9.88. The molecule has 0 aliphatic rings. The number of amides is 2. The molecule has 25 heavy (non-hydrogen) atoms.